The van der Waals surface area contributed by atoms with Crippen LogP contribution >= 0.6 is 0 Å². The maximum atomic E-state index is 12.3. The Kier molecular flexibility index (Phi) is 5.19. The fourth-order valence-electron chi connectivity index (χ4n) is 4.16. The van der Waals surface area contributed by atoms with Crippen molar-refractivity contribution < 1.29 is 9.53 Å². The zero-order valence-electron chi connectivity index (χ0n) is 15.1. The van der Waals surface area contributed by atoms with Crippen LogP contribution in [0.3, 0.4) is 0 Å². The lowest BCUT2D eigenvalue weighted by molar-refractivity contribution is -0.159. The van der Waals surface area contributed by atoms with Gasteiger partial charge in [0.15, 0.2) is 0 Å². The van der Waals surface area contributed by atoms with E-state index in [2.05, 4.69) is 45.9 Å². The molecule has 0 radical (unpaired) electrons. The summed E-state index contributed by atoms with van der Waals surface area (Å²) in [4.78, 5) is 12.3. The summed E-state index contributed by atoms with van der Waals surface area (Å²) < 4.78 is 5.97. The number of esters is 1. The van der Waals surface area contributed by atoms with Gasteiger partial charge in [0.25, 0.3) is 0 Å². The van der Waals surface area contributed by atoms with E-state index < -0.39 is 0 Å². The summed E-state index contributed by atoms with van der Waals surface area (Å²) in [6.07, 6.45) is 9.80. The van der Waals surface area contributed by atoms with E-state index in [4.69, 9.17) is 4.74 Å². The molecule has 0 spiro atoms. The quantitative estimate of drug-likeness (QED) is 0.674. The first-order valence-corrected chi connectivity index (χ1v) is 8.84. The minimum atomic E-state index is -0.0244. The summed E-state index contributed by atoms with van der Waals surface area (Å²) in [5.74, 6) is 1.35. The van der Waals surface area contributed by atoms with Crippen LogP contribution in [-0.2, 0) is 9.53 Å². The molecule has 0 heterocycles. The standard InChI is InChI=1S/C20H32O2/c1-7-13(2)19(21)22-16-10-8-9-15-12-11-14(3)18(17(15)16)20(4,5)6/h9,11-14,16-18H,7-8,10H2,1-6H3/t13-,14-,16-,17+,18?/m0/s1. The van der Waals surface area contributed by atoms with E-state index in [1.165, 1.54) is 5.57 Å². The molecule has 0 aromatic rings. The van der Waals surface area contributed by atoms with Crippen LogP contribution in [0.2, 0.25) is 0 Å². The summed E-state index contributed by atoms with van der Waals surface area (Å²) in [6, 6.07) is 0. The lowest BCUT2D eigenvalue weighted by Gasteiger charge is -2.47. The zero-order valence-corrected chi connectivity index (χ0v) is 15.1. The summed E-state index contributed by atoms with van der Waals surface area (Å²) in [5, 5.41) is 0. The molecular formula is C20H32O2. The smallest absolute Gasteiger partial charge is 0.308 e. The highest BCUT2D eigenvalue weighted by Gasteiger charge is 2.45. The molecule has 124 valence electrons. The number of carbonyl (C=O) groups is 1. The highest BCUT2D eigenvalue weighted by atomic mass is 16.5. The number of rotatable bonds is 3. The number of hydrogen-bond donors (Lipinski definition) is 0. The van der Waals surface area contributed by atoms with E-state index >= 15 is 0 Å². The van der Waals surface area contributed by atoms with Crippen molar-refractivity contribution in [1.82, 2.24) is 0 Å². The monoisotopic (exact) mass is 304 g/mol. The minimum Gasteiger partial charge on any atom is -0.461 e. The average Bonchev–Trinajstić information content (AvgIpc) is 2.45. The van der Waals surface area contributed by atoms with E-state index in [1.807, 2.05) is 13.8 Å². The molecule has 0 aromatic carbocycles. The molecule has 0 aliphatic heterocycles. The van der Waals surface area contributed by atoms with Gasteiger partial charge in [-0.1, -0.05) is 59.8 Å². The van der Waals surface area contributed by atoms with Crippen molar-refractivity contribution in [2.75, 3.05) is 0 Å². The van der Waals surface area contributed by atoms with Crippen molar-refractivity contribution in [1.29, 1.82) is 0 Å². The largest absolute Gasteiger partial charge is 0.461 e. The Labute approximate surface area is 136 Å². The second kappa shape index (κ2) is 6.60. The van der Waals surface area contributed by atoms with Gasteiger partial charge in [0.1, 0.15) is 6.10 Å². The molecule has 0 bridgehead atoms. The SMILES string of the molecule is CC[C@H](C)C(=O)O[C@H]1CCC=C2C=C[C@H](C)C(C(C)(C)C)[C@H]21. The van der Waals surface area contributed by atoms with E-state index in [0.717, 1.165) is 19.3 Å². The minimum absolute atomic E-state index is 0.000927. The molecule has 0 N–H and O–H groups in total. The number of hydrogen-bond acceptors (Lipinski definition) is 2. The molecule has 2 aliphatic rings. The van der Waals surface area contributed by atoms with E-state index in [9.17, 15) is 4.79 Å². The topological polar surface area (TPSA) is 26.3 Å². The van der Waals surface area contributed by atoms with Crippen molar-refractivity contribution >= 4 is 5.97 Å². The molecule has 0 aromatic heterocycles. The van der Waals surface area contributed by atoms with Crippen molar-refractivity contribution in [2.45, 2.75) is 66.9 Å². The van der Waals surface area contributed by atoms with Gasteiger partial charge in [0, 0.05) is 5.92 Å². The predicted molar refractivity (Wildman–Crippen MR) is 91.4 cm³/mol. The van der Waals surface area contributed by atoms with E-state index in [-0.39, 0.29) is 23.4 Å². The van der Waals surface area contributed by atoms with Gasteiger partial charge < -0.3 is 4.74 Å². The van der Waals surface area contributed by atoms with Crippen LogP contribution < -0.4 is 0 Å². The van der Waals surface area contributed by atoms with Crippen LogP contribution in [-0.4, -0.2) is 12.1 Å². The Balaban J connectivity index is 2.27. The molecule has 2 aliphatic carbocycles. The summed E-state index contributed by atoms with van der Waals surface area (Å²) >= 11 is 0. The molecule has 22 heavy (non-hydrogen) atoms. The van der Waals surface area contributed by atoms with Crippen molar-refractivity contribution in [3.05, 3.63) is 23.8 Å². The number of ether oxygens (including phenoxy) is 1. The fourth-order valence-corrected chi connectivity index (χ4v) is 4.16. The van der Waals surface area contributed by atoms with Crippen molar-refractivity contribution in [2.24, 2.45) is 29.1 Å². The molecule has 1 unspecified atom stereocenters. The molecule has 0 amide bonds. The second-order valence-corrected chi connectivity index (χ2v) is 8.20. The maximum absolute atomic E-state index is 12.3. The molecule has 0 saturated carbocycles. The van der Waals surface area contributed by atoms with Crippen molar-refractivity contribution in [3.8, 4) is 0 Å². The molecule has 0 fully saturated rings. The molecular weight excluding hydrogens is 272 g/mol. The highest BCUT2D eigenvalue weighted by Crippen LogP contribution is 2.49. The van der Waals surface area contributed by atoms with E-state index in [0.29, 0.717) is 17.8 Å². The summed E-state index contributed by atoms with van der Waals surface area (Å²) in [5.41, 5.74) is 1.58. The van der Waals surface area contributed by atoms with Crippen LogP contribution in [0.1, 0.15) is 60.8 Å². The van der Waals surface area contributed by atoms with Gasteiger partial charge in [-0.3, -0.25) is 4.79 Å². The summed E-state index contributed by atoms with van der Waals surface area (Å²) in [7, 11) is 0. The van der Waals surface area contributed by atoms with Crippen LogP contribution in [0.5, 0.6) is 0 Å². The first-order valence-electron chi connectivity index (χ1n) is 8.84. The van der Waals surface area contributed by atoms with Gasteiger partial charge in [-0.15, -0.1) is 0 Å². The van der Waals surface area contributed by atoms with Crippen LogP contribution in [0.25, 0.3) is 0 Å². The number of fused-ring (bicyclic) bond motifs is 1. The molecule has 2 heteroatoms. The van der Waals surface area contributed by atoms with E-state index in [1.54, 1.807) is 0 Å². The number of carbonyl (C=O) groups excluding carboxylic acids is 1. The highest BCUT2D eigenvalue weighted by molar-refractivity contribution is 5.72. The Bertz CT molecular complexity index is 467. The van der Waals surface area contributed by atoms with Gasteiger partial charge in [-0.25, -0.2) is 0 Å². The van der Waals surface area contributed by atoms with Gasteiger partial charge in [-0.2, -0.15) is 0 Å². The van der Waals surface area contributed by atoms with Gasteiger partial charge in [0.2, 0.25) is 0 Å². The van der Waals surface area contributed by atoms with Gasteiger partial charge in [-0.05, 0) is 42.1 Å². The molecule has 2 nitrogen and oxygen atoms in total. The van der Waals surface area contributed by atoms with Crippen LogP contribution in [0.4, 0.5) is 0 Å². The first kappa shape index (κ1) is 17.3. The third-order valence-corrected chi connectivity index (χ3v) is 5.44. The maximum Gasteiger partial charge on any atom is 0.308 e. The molecule has 2 rings (SSSR count). The van der Waals surface area contributed by atoms with Crippen molar-refractivity contribution in [3.63, 3.8) is 0 Å². The normalized spacial score (nSPS) is 32.9. The summed E-state index contributed by atoms with van der Waals surface area (Å²) in [6.45, 7) is 13.2. The zero-order chi connectivity index (χ0) is 16.5. The fraction of sp³-hybridized carbons (Fsp3) is 0.750. The van der Waals surface area contributed by atoms with Crippen LogP contribution in [0.15, 0.2) is 23.8 Å². The Morgan fingerprint density at radius 3 is 2.68 bits per heavy atom. The Morgan fingerprint density at radius 1 is 1.41 bits per heavy atom. The van der Waals surface area contributed by atoms with Gasteiger partial charge >= 0.3 is 5.97 Å². The second-order valence-electron chi connectivity index (χ2n) is 8.20. The molecule has 0 saturated heterocycles. The lowest BCUT2D eigenvalue weighted by Crippen LogP contribution is -2.44. The average molecular weight is 304 g/mol. The Hall–Kier alpha value is -1.05. The Morgan fingerprint density at radius 2 is 2.09 bits per heavy atom. The third kappa shape index (κ3) is 3.47. The lowest BCUT2D eigenvalue weighted by atomic mass is 9.59. The first-order chi connectivity index (χ1) is 10.3. The predicted octanol–water partition coefficient (Wildman–Crippen LogP) is 5.15. The molecule has 5 atom stereocenters. The van der Waals surface area contributed by atoms with Crippen LogP contribution in [0, 0.1) is 29.1 Å². The third-order valence-electron chi connectivity index (χ3n) is 5.44. The van der Waals surface area contributed by atoms with Gasteiger partial charge in [0.05, 0.1) is 5.92 Å². The number of allylic oxidation sites excluding steroid dienone is 3.